The SMILES string of the molecule is CCC1CCC(CNC(=O)CCc2c(C)nc3ncnn3c2C)CC1. The average Bonchev–Trinajstić information content (AvgIpc) is 3.08. The molecule has 136 valence electrons. The lowest BCUT2D eigenvalue weighted by Gasteiger charge is -2.27. The Labute approximate surface area is 149 Å². The molecule has 1 amide bonds. The molecule has 1 saturated carbocycles. The lowest BCUT2D eigenvalue weighted by Crippen LogP contribution is -2.31. The first kappa shape index (κ1) is 17.8. The molecule has 1 N–H and O–H groups in total. The molecular weight excluding hydrogens is 314 g/mol. The summed E-state index contributed by atoms with van der Waals surface area (Å²) in [5, 5.41) is 7.33. The zero-order valence-corrected chi connectivity index (χ0v) is 15.6. The van der Waals surface area contributed by atoms with Gasteiger partial charge in [0.05, 0.1) is 0 Å². The Balaban J connectivity index is 1.49. The van der Waals surface area contributed by atoms with Crippen LogP contribution in [0.5, 0.6) is 0 Å². The van der Waals surface area contributed by atoms with Gasteiger partial charge in [0.25, 0.3) is 5.78 Å². The van der Waals surface area contributed by atoms with Gasteiger partial charge >= 0.3 is 0 Å². The maximum atomic E-state index is 12.2. The van der Waals surface area contributed by atoms with E-state index in [0.29, 0.717) is 24.5 Å². The van der Waals surface area contributed by atoms with Gasteiger partial charge in [-0.25, -0.2) is 9.50 Å². The Morgan fingerprint density at radius 2 is 1.96 bits per heavy atom. The fourth-order valence-corrected chi connectivity index (χ4v) is 3.95. The Morgan fingerprint density at radius 1 is 1.24 bits per heavy atom. The molecule has 2 heterocycles. The van der Waals surface area contributed by atoms with E-state index in [-0.39, 0.29) is 5.91 Å². The van der Waals surface area contributed by atoms with E-state index >= 15 is 0 Å². The molecule has 6 heteroatoms. The topological polar surface area (TPSA) is 72.2 Å². The molecule has 0 aliphatic heterocycles. The maximum absolute atomic E-state index is 12.2. The van der Waals surface area contributed by atoms with Crippen molar-refractivity contribution in [3.8, 4) is 0 Å². The number of amides is 1. The van der Waals surface area contributed by atoms with Gasteiger partial charge in [-0.15, -0.1) is 0 Å². The van der Waals surface area contributed by atoms with Gasteiger partial charge in [0.15, 0.2) is 0 Å². The third-order valence-electron chi connectivity index (χ3n) is 5.72. The minimum absolute atomic E-state index is 0.134. The molecule has 25 heavy (non-hydrogen) atoms. The molecule has 3 rings (SSSR count). The van der Waals surface area contributed by atoms with Crippen molar-refractivity contribution in [1.29, 1.82) is 0 Å². The molecule has 0 bridgehead atoms. The Morgan fingerprint density at radius 3 is 2.68 bits per heavy atom. The van der Waals surface area contributed by atoms with Crippen molar-refractivity contribution in [1.82, 2.24) is 24.9 Å². The summed E-state index contributed by atoms with van der Waals surface area (Å²) in [5.41, 5.74) is 3.05. The summed E-state index contributed by atoms with van der Waals surface area (Å²) in [6.45, 7) is 7.09. The quantitative estimate of drug-likeness (QED) is 0.875. The Bertz CT molecular complexity index is 731. The average molecular weight is 343 g/mol. The minimum Gasteiger partial charge on any atom is -0.356 e. The van der Waals surface area contributed by atoms with Crippen molar-refractivity contribution >= 4 is 11.7 Å². The van der Waals surface area contributed by atoms with Crippen LogP contribution in [0.1, 0.15) is 62.4 Å². The van der Waals surface area contributed by atoms with Gasteiger partial charge in [-0.3, -0.25) is 4.79 Å². The Hall–Kier alpha value is -1.98. The third-order valence-corrected chi connectivity index (χ3v) is 5.72. The highest BCUT2D eigenvalue weighted by molar-refractivity contribution is 5.76. The molecule has 0 radical (unpaired) electrons. The number of hydrogen-bond acceptors (Lipinski definition) is 4. The van der Waals surface area contributed by atoms with Crippen LogP contribution >= 0.6 is 0 Å². The highest BCUT2D eigenvalue weighted by atomic mass is 16.1. The van der Waals surface area contributed by atoms with Gasteiger partial charge in [-0.1, -0.05) is 26.2 Å². The smallest absolute Gasteiger partial charge is 0.252 e. The van der Waals surface area contributed by atoms with E-state index in [4.69, 9.17) is 0 Å². The predicted molar refractivity (Wildman–Crippen MR) is 97.3 cm³/mol. The van der Waals surface area contributed by atoms with Crippen molar-refractivity contribution in [3.05, 3.63) is 23.3 Å². The molecule has 1 aliphatic carbocycles. The molecule has 2 aromatic rings. The number of aromatic nitrogens is 4. The first-order chi connectivity index (χ1) is 12.1. The van der Waals surface area contributed by atoms with Gasteiger partial charge < -0.3 is 5.32 Å². The summed E-state index contributed by atoms with van der Waals surface area (Å²) in [7, 11) is 0. The van der Waals surface area contributed by atoms with Crippen molar-refractivity contribution in [2.45, 2.75) is 65.7 Å². The molecule has 1 fully saturated rings. The second-order valence-electron chi connectivity index (χ2n) is 7.33. The van der Waals surface area contributed by atoms with Crippen LogP contribution in [0.15, 0.2) is 6.33 Å². The van der Waals surface area contributed by atoms with Crippen molar-refractivity contribution in [2.24, 2.45) is 11.8 Å². The first-order valence-electron chi connectivity index (χ1n) is 9.51. The molecule has 2 aromatic heterocycles. The molecular formula is C19H29N5O. The van der Waals surface area contributed by atoms with Crippen LogP contribution in [-0.4, -0.2) is 32.0 Å². The maximum Gasteiger partial charge on any atom is 0.252 e. The standard InChI is InChI=1S/C19H29N5O/c1-4-15-5-7-16(8-6-15)11-20-18(25)10-9-17-13(2)23-19-21-12-22-24(19)14(17)3/h12,15-16H,4-11H2,1-3H3,(H,20,25). The summed E-state index contributed by atoms with van der Waals surface area (Å²) in [4.78, 5) is 20.8. The fourth-order valence-electron chi connectivity index (χ4n) is 3.95. The van der Waals surface area contributed by atoms with Crippen molar-refractivity contribution in [3.63, 3.8) is 0 Å². The number of fused-ring (bicyclic) bond motifs is 1. The predicted octanol–water partition coefficient (Wildman–Crippen LogP) is 3.01. The van der Waals surface area contributed by atoms with Crippen LogP contribution in [0.3, 0.4) is 0 Å². The first-order valence-corrected chi connectivity index (χ1v) is 9.51. The van der Waals surface area contributed by atoms with E-state index in [9.17, 15) is 4.79 Å². The van der Waals surface area contributed by atoms with E-state index < -0.39 is 0 Å². The van der Waals surface area contributed by atoms with Gasteiger partial charge in [0.2, 0.25) is 5.91 Å². The van der Waals surface area contributed by atoms with E-state index in [2.05, 4.69) is 27.3 Å². The summed E-state index contributed by atoms with van der Waals surface area (Å²) in [5.74, 6) is 2.31. The van der Waals surface area contributed by atoms with Crippen LogP contribution in [-0.2, 0) is 11.2 Å². The zero-order valence-electron chi connectivity index (χ0n) is 15.6. The van der Waals surface area contributed by atoms with Crippen molar-refractivity contribution < 1.29 is 4.79 Å². The van der Waals surface area contributed by atoms with Crippen LogP contribution < -0.4 is 5.32 Å². The number of nitrogens with one attached hydrogen (secondary N) is 1. The summed E-state index contributed by atoms with van der Waals surface area (Å²) in [6.07, 6.45) is 9.13. The summed E-state index contributed by atoms with van der Waals surface area (Å²) in [6, 6.07) is 0. The molecule has 0 saturated heterocycles. The second kappa shape index (κ2) is 7.93. The second-order valence-corrected chi connectivity index (χ2v) is 7.33. The molecule has 6 nitrogen and oxygen atoms in total. The van der Waals surface area contributed by atoms with E-state index in [1.165, 1.54) is 38.4 Å². The highest BCUT2D eigenvalue weighted by Gasteiger charge is 2.20. The van der Waals surface area contributed by atoms with Gasteiger partial charge in [0, 0.05) is 24.4 Å². The van der Waals surface area contributed by atoms with Crippen LogP contribution in [0.25, 0.3) is 5.78 Å². The number of rotatable bonds is 6. The molecule has 1 aliphatic rings. The number of hydrogen-bond donors (Lipinski definition) is 1. The summed E-state index contributed by atoms with van der Waals surface area (Å²) >= 11 is 0. The van der Waals surface area contributed by atoms with Gasteiger partial charge in [-0.05, 0) is 50.5 Å². The van der Waals surface area contributed by atoms with E-state index in [1.54, 1.807) is 4.52 Å². The zero-order chi connectivity index (χ0) is 17.8. The number of carbonyl (C=O) groups is 1. The van der Waals surface area contributed by atoms with E-state index in [0.717, 1.165) is 29.4 Å². The Kier molecular flexibility index (Phi) is 5.66. The lowest BCUT2D eigenvalue weighted by atomic mass is 9.81. The minimum atomic E-state index is 0.134. The highest BCUT2D eigenvalue weighted by Crippen LogP contribution is 2.30. The normalized spacial score (nSPS) is 20.8. The van der Waals surface area contributed by atoms with Gasteiger partial charge in [0.1, 0.15) is 6.33 Å². The van der Waals surface area contributed by atoms with E-state index in [1.807, 2.05) is 13.8 Å². The van der Waals surface area contributed by atoms with Gasteiger partial charge in [-0.2, -0.15) is 10.1 Å². The molecule has 0 unspecified atom stereocenters. The largest absolute Gasteiger partial charge is 0.356 e. The third kappa shape index (κ3) is 4.17. The number of carbonyl (C=O) groups excluding carboxylic acids is 1. The molecule has 0 spiro atoms. The van der Waals surface area contributed by atoms with Crippen LogP contribution in [0, 0.1) is 25.7 Å². The fraction of sp³-hybridized carbons (Fsp3) is 0.684. The monoisotopic (exact) mass is 343 g/mol. The molecule has 0 aromatic carbocycles. The summed E-state index contributed by atoms with van der Waals surface area (Å²) < 4.78 is 1.74. The van der Waals surface area contributed by atoms with Crippen LogP contribution in [0.4, 0.5) is 0 Å². The van der Waals surface area contributed by atoms with Crippen LogP contribution in [0.2, 0.25) is 0 Å². The lowest BCUT2D eigenvalue weighted by molar-refractivity contribution is -0.121. The van der Waals surface area contributed by atoms with Crippen molar-refractivity contribution in [2.75, 3.05) is 6.54 Å². The molecule has 0 atom stereocenters. The number of nitrogens with zero attached hydrogens (tertiary/aromatic N) is 4. The number of aryl methyl sites for hydroxylation is 2.